The molecule has 5 nitrogen and oxygen atoms in total. The molecular formula is C11H20N2O3. The first kappa shape index (κ1) is 12.8. The second-order valence-electron chi connectivity index (χ2n) is 3.86. The van der Waals surface area contributed by atoms with Gasteiger partial charge in [-0.25, -0.2) is 4.79 Å². The van der Waals surface area contributed by atoms with E-state index in [1.807, 2.05) is 0 Å². The van der Waals surface area contributed by atoms with Crippen molar-refractivity contribution in [3.63, 3.8) is 0 Å². The average molecular weight is 228 g/mol. The second-order valence-corrected chi connectivity index (χ2v) is 3.86. The maximum Gasteiger partial charge on any atom is 0.325 e. The summed E-state index contributed by atoms with van der Waals surface area (Å²) < 4.78 is 4.73. The summed E-state index contributed by atoms with van der Waals surface area (Å²) in [5.74, 6) is -0.384. The third-order valence-corrected chi connectivity index (χ3v) is 2.58. The number of ether oxygens (including phenoxy) is 1. The molecule has 0 bridgehead atoms. The zero-order valence-electron chi connectivity index (χ0n) is 9.83. The molecule has 92 valence electrons. The summed E-state index contributed by atoms with van der Waals surface area (Å²) in [5, 5.41) is 2.58. The van der Waals surface area contributed by atoms with Crippen molar-refractivity contribution in [2.45, 2.75) is 32.6 Å². The Balaban J connectivity index is 2.25. The molecule has 5 heteroatoms. The molecule has 1 saturated heterocycles. The zero-order valence-corrected chi connectivity index (χ0v) is 9.83. The van der Waals surface area contributed by atoms with Crippen LogP contribution in [0.5, 0.6) is 0 Å². The average Bonchev–Trinajstić information content (AvgIpc) is 2.55. The Labute approximate surface area is 96.1 Å². The van der Waals surface area contributed by atoms with Crippen molar-refractivity contribution in [3.8, 4) is 0 Å². The van der Waals surface area contributed by atoms with E-state index in [1.54, 1.807) is 11.8 Å². The van der Waals surface area contributed by atoms with Gasteiger partial charge in [0.05, 0.1) is 6.61 Å². The molecule has 2 amide bonds. The summed E-state index contributed by atoms with van der Waals surface area (Å²) in [6.07, 6.45) is 4.46. The lowest BCUT2D eigenvalue weighted by atomic mass is 10.2. The first-order valence-corrected chi connectivity index (χ1v) is 5.92. The Bertz CT molecular complexity index is 235. The smallest absolute Gasteiger partial charge is 0.325 e. The van der Waals surface area contributed by atoms with Gasteiger partial charge in [-0.05, 0) is 19.8 Å². The maximum absolute atomic E-state index is 11.7. The van der Waals surface area contributed by atoms with Gasteiger partial charge >= 0.3 is 12.0 Å². The number of nitrogens with one attached hydrogen (secondary N) is 1. The van der Waals surface area contributed by atoms with Crippen LogP contribution in [0.2, 0.25) is 0 Å². The van der Waals surface area contributed by atoms with E-state index in [0.717, 1.165) is 25.9 Å². The number of hydrogen-bond donors (Lipinski definition) is 1. The summed E-state index contributed by atoms with van der Waals surface area (Å²) in [6.45, 7) is 3.62. The van der Waals surface area contributed by atoms with Gasteiger partial charge in [-0.3, -0.25) is 4.79 Å². The molecule has 1 aliphatic heterocycles. The van der Waals surface area contributed by atoms with Gasteiger partial charge in [0, 0.05) is 13.1 Å². The number of likely N-dealkylation sites (tertiary alicyclic amines) is 1. The van der Waals surface area contributed by atoms with Gasteiger partial charge in [-0.15, -0.1) is 0 Å². The topological polar surface area (TPSA) is 58.6 Å². The molecule has 0 atom stereocenters. The Morgan fingerprint density at radius 3 is 2.38 bits per heavy atom. The third kappa shape index (κ3) is 4.51. The molecule has 1 aliphatic rings. The van der Waals surface area contributed by atoms with Crippen LogP contribution >= 0.6 is 0 Å². The van der Waals surface area contributed by atoms with Crippen molar-refractivity contribution >= 4 is 12.0 Å². The molecule has 0 aliphatic carbocycles. The zero-order chi connectivity index (χ0) is 11.8. The third-order valence-electron chi connectivity index (χ3n) is 2.58. The Morgan fingerprint density at radius 2 is 1.81 bits per heavy atom. The van der Waals surface area contributed by atoms with E-state index < -0.39 is 0 Å². The van der Waals surface area contributed by atoms with Crippen LogP contribution in [0.1, 0.15) is 32.6 Å². The minimum Gasteiger partial charge on any atom is -0.465 e. The Hall–Kier alpha value is -1.26. The van der Waals surface area contributed by atoms with Gasteiger partial charge in [0.2, 0.25) is 0 Å². The predicted molar refractivity (Wildman–Crippen MR) is 60.1 cm³/mol. The van der Waals surface area contributed by atoms with Gasteiger partial charge in [0.1, 0.15) is 6.54 Å². The van der Waals surface area contributed by atoms with Gasteiger partial charge in [0.25, 0.3) is 0 Å². The number of carbonyl (C=O) groups is 2. The molecule has 0 saturated carbocycles. The molecule has 0 radical (unpaired) electrons. The molecule has 0 unspecified atom stereocenters. The molecule has 1 heterocycles. The van der Waals surface area contributed by atoms with Crippen molar-refractivity contribution in [2.24, 2.45) is 0 Å². The van der Waals surface area contributed by atoms with Crippen LogP contribution in [0, 0.1) is 0 Å². The maximum atomic E-state index is 11.7. The van der Waals surface area contributed by atoms with Crippen LogP contribution in [0.25, 0.3) is 0 Å². The normalized spacial score (nSPS) is 16.4. The summed E-state index contributed by atoms with van der Waals surface area (Å²) in [4.78, 5) is 24.5. The van der Waals surface area contributed by atoms with Gasteiger partial charge in [0.15, 0.2) is 0 Å². The van der Waals surface area contributed by atoms with E-state index in [0.29, 0.717) is 6.61 Å². The minimum atomic E-state index is -0.384. The summed E-state index contributed by atoms with van der Waals surface area (Å²) in [5.41, 5.74) is 0. The molecule has 0 spiro atoms. The summed E-state index contributed by atoms with van der Waals surface area (Å²) in [6, 6.07) is -0.157. The highest BCUT2D eigenvalue weighted by atomic mass is 16.5. The lowest BCUT2D eigenvalue weighted by molar-refractivity contribution is -0.141. The Kier molecular flexibility index (Phi) is 5.67. The number of amides is 2. The van der Waals surface area contributed by atoms with Gasteiger partial charge < -0.3 is 15.0 Å². The van der Waals surface area contributed by atoms with Crippen LogP contribution in [0.15, 0.2) is 0 Å². The highest BCUT2D eigenvalue weighted by Crippen LogP contribution is 2.09. The summed E-state index contributed by atoms with van der Waals surface area (Å²) in [7, 11) is 0. The largest absolute Gasteiger partial charge is 0.465 e. The fourth-order valence-electron chi connectivity index (χ4n) is 1.75. The molecular weight excluding hydrogens is 208 g/mol. The lowest BCUT2D eigenvalue weighted by Gasteiger charge is -2.20. The van der Waals surface area contributed by atoms with Crippen molar-refractivity contribution in [1.82, 2.24) is 10.2 Å². The second kappa shape index (κ2) is 7.09. The van der Waals surface area contributed by atoms with E-state index in [1.165, 1.54) is 12.8 Å². The Morgan fingerprint density at radius 1 is 1.19 bits per heavy atom. The quantitative estimate of drug-likeness (QED) is 0.737. The number of hydrogen-bond acceptors (Lipinski definition) is 3. The van der Waals surface area contributed by atoms with Crippen LogP contribution in [0.4, 0.5) is 4.79 Å². The molecule has 0 aromatic heterocycles. The molecule has 1 fully saturated rings. The standard InChI is InChI=1S/C11H20N2O3/c1-2-16-10(14)9-12-11(15)13-7-5-3-4-6-8-13/h2-9H2,1H3,(H,12,15). The number of esters is 1. The van der Waals surface area contributed by atoms with Crippen LogP contribution in [-0.2, 0) is 9.53 Å². The highest BCUT2D eigenvalue weighted by molar-refractivity contribution is 5.80. The van der Waals surface area contributed by atoms with E-state index in [-0.39, 0.29) is 18.5 Å². The van der Waals surface area contributed by atoms with Crippen molar-refractivity contribution in [2.75, 3.05) is 26.2 Å². The van der Waals surface area contributed by atoms with Crippen molar-refractivity contribution in [1.29, 1.82) is 0 Å². The molecule has 16 heavy (non-hydrogen) atoms. The van der Waals surface area contributed by atoms with Gasteiger partial charge in [-0.1, -0.05) is 12.8 Å². The first-order valence-electron chi connectivity index (χ1n) is 5.92. The minimum absolute atomic E-state index is 0.0385. The monoisotopic (exact) mass is 228 g/mol. The fourth-order valence-corrected chi connectivity index (χ4v) is 1.75. The van der Waals surface area contributed by atoms with E-state index in [2.05, 4.69) is 5.32 Å². The molecule has 1 rings (SSSR count). The van der Waals surface area contributed by atoms with E-state index >= 15 is 0 Å². The molecule has 1 N–H and O–H groups in total. The van der Waals surface area contributed by atoms with E-state index in [4.69, 9.17) is 4.74 Å². The summed E-state index contributed by atoms with van der Waals surface area (Å²) >= 11 is 0. The SMILES string of the molecule is CCOC(=O)CNC(=O)N1CCCCCC1. The molecule has 0 aromatic carbocycles. The fraction of sp³-hybridized carbons (Fsp3) is 0.818. The van der Waals surface area contributed by atoms with Gasteiger partial charge in [-0.2, -0.15) is 0 Å². The van der Waals surface area contributed by atoms with Crippen LogP contribution < -0.4 is 5.32 Å². The first-order chi connectivity index (χ1) is 7.74. The van der Waals surface area contributed by atoms with Crippen LogP contribution in [0.3, 0.4) is 0 Å². The number of urea groups is 1. The van der Waals surface area contributed by atoms with Crippen molar-refractivity contribution < 1.29 is 14.3 Å². The molecule has 0 aromatic rings. The predicted octanol–water partition coefficient (Wildman–Crippen LogP) is 1.14. The van der Waals surface area contributed by atoms with E-state index in [9.17, 15) is 9.59 Å². The number of carbonyl (C=O) groups excluding carboxylic acids is 2. The number of nitrogens with zero attached hydrogens (tertiary/aromatic N) is 1. The van der Waals surface area contributed by atoms with Crippen molar-refractivity contribution in [3.05, 3.63) is 0 Å². The lowest BCUT2D eigenvalue weighted by Crippen LogP contribution is -2.42. The highest BCUT2D eigenvalue weighted by Gasteiger charge is 2.15. The van der Waals surface area contributed by atoms with Crippen LogP contribution in [-0.4, -0.2) is 43.1 Å². The number of rotatable bonds is 3.